The lowest BCUT2D eigenvalue weighted by Crippen LogP contribution is -2.38. The minimum atomic E-state index is -0.416. The monoisotopic (exact) mass is 500 g/mol. The van der Waals surface area contributed by atoms with Crippen molar-refractivity contribution in [2.75, 3.05) is 32.1 Å². The molecule has 3 N–H and O–H groups in total. The van der Waals surface area contributed by atoms with Crippen LogP contribution in [-0.2, 0) is 9.53 Å². The molecule has 0 saturated carbocycles. The third-order valence-electron chi connectivity index (χ3n) is 6.21. The summed E-state index contributed by atoms with van der Waals surface area (Å²) in [5.74, 6) is 0.555. The second-order valence-corrected chi connectivity index (χ2v) is 9.23. The Labute approximate surface area is 212 Å². The SMILES string of the molecule is COC(C)CC(C)Oc1cc(F)ccc1Nc1ncnc(C)c1/N=C(\C)C(=O)NCC1CCNCC1. The highest BCUT2D eigenvalue weighted by Crippen LogP contribution is 2.34. The Hall–Kier alpha value is -3.11. The molecule has 196 valence electrons. The van der Waals surface area contributed by atoms with Crippen LogP contribution in [0, 0.1) is 18.7 Å². The molecule has 1 aliphatic rings. The Morgan fingerprint density at radius 1 is 1.25 bits per heavy atom. The van der Waals surface area contributed by atoms with Gasteiger partial charge < -0.3 is 25.4 Å². The number of piperidine rings is 1. The van der Waals surface area contributed by atoms with Crippen molar-refractivity contribution in [3.63, 3.8) is 0 Å². The fraction of sp³-hybridized carbons (Fsp3) is 0.538. The number of carbonyl (C=O) groups excluding carboxylic acids is 1. The molecule has 10 heteroatoms. The molecule has 1 saturated heterocycles. The zero-order chi connectivity index (χ0) is 26.1. The van der Waals surface area contributed by atoms with Crippen LogP contribution in [0.25, 0.3) is 0 Å². The van der Waals surface area contributed by atoms with E-state index in [1.165, 1.54) is 18.5 Å². The smallest absolute Gasteiger partial charge is 0.265 e. The minimum Gasteiger partial charge on any atom is -0.488 e. The maximum absolute atomic E-state index is 14.0. The zero-order valence-electron chi connectivity index (χ0n) is 21.7. The molecule has 1 aliphatic heterocycles. The summed E-state index contributed by atoms with van der Waals surface area (Å²) in [6.45, 7) is 9.88. The van der Waals surface area contributed by atoms with Gasteiger partial charge >= 0.3 is 0 Å². The normalized spacial score (nSPS) is 16.3. The Morgan fingerprint density at radius 2 is 2.00 bits per heavy atom. The number of anilines is 2. The summed E-state index contributed by atoms with van der Waals surface area (Å²) < 4.78 is 25.4. The molecule has 2 unspecified atom stereocenters. The number of nitrogens with one attached hydrogen (secondary N) is 3. The average molecular weight is 501 g/mol. The fourth-order valence-electron chi connectivity index (χ4n) is 4.01. The van der Waals surface area contributed by atoms with E-state index < -0.39 is 5.82 Å². The number of aryl methyl sites for hydroxylation is 1. The van der Waals surface area contributed by atoms with E-state index in [1.54, 1.807) is 27.0 Å². The number of carbonyl (C=O) groups is 1. The lowest BCUT2D eigenvalue weighted by atomic mass is 9.98. The summed E-state index contributed by atoms with van der Waals surface area (Å²) in [4.78, 5) is 25.8. The number of rotatable bonds is 11. The molecule has 2 atom stereocenters. The van der Waals surface area contributed by atoms with Gasteiger partial charge in [0.25, 0.3) is 5.91 Å². The Kier molecular flexibility index (Phi) is 10.1. The number of nitrogens with zero attached hydrogens (tertiary/aromatic N) is 3. The minimum absolute atomic E-state index is 0.000626. The van der Waals surface area contributed by atoms with Gasteiger partial charge in [-0.2, -0.15) is 0 Å². The topological polar surface area (TPSA) is 110 Å². The zero-order valence-corrected chi connectivity index (χ0v) is 21.7. The van der Waals surface area contributed by atoms with E-state index in [-0.39, 0.29) is 18.1 Å². The van der Waals surface area contributed by atoms with Crippen molar-refractivity contribution in [3.05, 3.63) is 36.0 Å². The molecule has 36 heavy (non-hydrogen) atoms. The van der Waals surface area contributed by atoms with E-state index in [0.29, 0.717) is 53.2 Å². The molecule has 0 radical (unpaired) electrons. The van der Waals surface area contributed by atoms with Crippen LogP contribution in [0.4, 0.5) is 21.6 Å². The van der Waals surface area contributed by atoms with Gasteiger partial charge in [-0.3, -0.25) is 4.79 Å². The Bertz CT molecular complexity index is 1060. The number of methoxy groups -OCH3 is 1. The fourth-order valence-corrected chi connectivity index (χ4v) is 4.01. The number of aliphatic imine (C=N–C) groups is 1. The van der Waals surface area contributed by atoms with Crippen LogP contribution >= 0.6 is 0 Å². The number of ether oxygens (including phenoxy) is 2. The number of halogens is 1. The van der Waals surface area contributed by atoms with Crippen LogP contribution in [0.1, 0.15) is 45.7 Å². The number of amides is 1. The van der Waals surface area contributed by atoms with Crippen molar-refractivity contribution in [1.29, 1.82) is 0 Å². The molecule has 0 bridgehead atoms. The predicted molar refractivity (Wildman–Crippen MR) is 139 cm³/mol. The largest absolute Gasteiger partial charge is 0.488 e. The summed E-state index contributed by atoms with van der Waals surface area (Å²) in [6.07, 6.45) is 3.93. The van der Waals surface area contributed by atoms with Crippen LogP contribution in [-0.4, -0.2) is 60.5 Å². The summed E-state index contributed by atoms with van der Waals surface area (Å²) in [7, 11) is 1.64. The van der Waals surface area contributed by atoms with Crippen molar-refractivity contribution in [1.82, 2.24) is 20.6 Å². The van der Waals surface area contributed by atoms with E-state index in [1.807, 2.05) is 13.8 Å². The van der Waals surface area contributed by atoms with Gasteiger partial charge in [0.1, 0.15) is 29.3 Å². The van der Waals surface area contributed by atoms with Crippen molar-refractivity contribution < 1.29 is 18.7 Å². The van der Waals surface area contributed by atoms with E-state index in [4.69, 9.17) is 9.47 Å². The van der Waals surface area contributed by atoms with Crippen LogP contribution in [0.5, 0.6) is 5.75 Å². The van der Waals surface area contributed by atoms with Crippen LogP contribution in [0.2, 0.25) is 0 Å². The van der Waals surface area contributed by atoms with Crippen molar-refractivity contribution >= 4 is 28.8 Å². The molecule has 9 nitrogen and oxygen atoms in total. The van der Waals surface area contributed by atoms with E-state index >= 15 is 0 Å². The van der Waals surface area contributed by atoms with Crippen molar-refractivity contribution in [2.45, 2.75) is 59.2 Å². The first-order valence-corrected chi connectivity index (χ1v) is 12.4. The quantitative estimate of drug-likeness (QED) is 0.399. The third-order valence-corrected chi connectivity index (χ3v) is 6.21. The molecule has 1 fully saturated rings. The summed E-state index contributed by atoms with van der Waals surface area (Å²) >= 11 is 0. The molecule has 1 aromatic heterocycles. The highest BCUT2D eigenvalue weighted by molar-refractivity contribution is 6.38. The van der Waals surface area contributed by atoms with Crippen LogP contribution in [0.3, 0.4) is 0 Å². The predicted octanol–water partition coefficient (Wildman–Crippen LogP) is 4.07. The number of hydrogen-bond acceptors (Lipinski definition) is 8. The summed E-state index contributed by atoms with van der Waals surface area (Å²) in [5.41, 5.74) is 1.87. The van der Waals surface area contributed by atoms with Gasteiger partial charge in [-0.15, -0.1) is 0 Å². The molecule has 0 aliphatic carbocycles. The lowest BCUT2D eigenvalue weighted by Gasteiger charge is -2.22. The third kappa shape index (κ3) is 7.96. The van der Waals surface area contributed by atoms with Crippen molar-refractivity contribution in [3.8, 4) is 5.75 Å². The van der Waals surface area contributed by atoms with Gasteiger partial charge in [-0.1, -0.05) is 0 Å². The van der Waals surface area contributed by atoms with Crippen LogP contribution < -0.4 is 20.7 Å². The van der Waals surface area contributed by atoms with Gasteiger partial charge in [-0.25, -0.2) is 19.4 Å². The van der Waals surface area contributed by atoms with E-state index in [2.05, 4.69) is 30.9 Å². The summed E-state index contributed by atoms with van der Waals surface area (Å²) in [6, 6.07) is 4.25. The van der Waals surface area contributed by atoms with Gasteiger partial charge in [-0.05, 0) is 71.7 Å². The number of aromatic nitrogens is 2. The molecule has 1 amide bonds. The average Bonchev–Trinajstić information content (AvgIpc) is 2.86. The van der Waals surface area contributed by atoms with Gasteiger partial charge in [0.15, 0.2) is 5.82 Å². The molecule has 1 aromatic carbocycles. The van der Waals surface area contributed by atoms with E-state index in [0.717, 1.165) is 25.9 Å². The molecular formula is C26H37FN6O3. The first-order chi connectivity index (χ1) is 17.3. The van der Waals surface area contributed by atoms with E-state index in [9.17, 15) is 9.18 Å². The highest BCUT2D eigenvalue weighted by Gasteiger charge is 2.18. The maximum atomic E-state index is 14.0. The number of hydrogen-bond donors (Lipinski definition) is 3. The Balaban J connectivity index is 1.78. The highest BCUT2D eigenvalue weighted by atomic mass is 19.1. The van der Waals surface area contributed by atoms with Gasteiger partial charge in [0.2, 0.25) is 0 Å². The van der Waals surface area contributed by atoms with Crippen molar-refractivity contribution in [2.24, 2.45) is 10.9 Å². The molecular weight excluding hydrogens is 463 g/mol. The molecule has 0 spiro atoms. The molecule has 2 aromatic rings. The van der Waals surface area contributed by atoms with Gasteiger partial charge in [0.05, 0.1) is 23.6 Å². The Morgan fingerprint density at radius 3 is 2.72 bits per heavy atom. The second kappa shape index (κ2) is 13.3. The second-order valence-electron chi connectivity index (χ2n) is 9.23. The molecule has 3 rings (SSSR count). The standard InChI is InChI=1S/C26H37FN6O3/c1-16(35-5)12-17(2)36-23-13-21(27)6-7-22(23)33-25-24(18(3)30-15-31-25)32-19(4)26(34)29-14-20-8-10-28-11-9-20/h6-7,13,15-17,20,28H,8-12,14H2,1-5H3,(H,29,34)(H,30,31,33)/b32-19+. The maximum Gasteiger partial charge on any atom is 0.265 e. The molecule has 2 heterocycles. The first kappa shape index (κ1) is 27.5. The van der Waals surface area contributed by atoms with Gasteiger partial charge in [0, 0.05) is 26.1 Å². The lowest BCUT2D eigenvalue weighted by molar-refractivity contribution is -0.115. The first-order valence-electron chi connectivity index (χ1n) is 12.4. The van der Waals surface area contributed by atoms with Crippen LogP contribution in [0.15, 0.2) is 29.5 Å². The number of benzene rings is 1. The summed E-state index contributed by atoms with van der Waals surface area (Å²) in [5, 5.41) is 9.50.